The molecule has 0 unspecified atom stereocenters. The number of hydrogen-bond donors (Lipinski definition) is 1. The maximum absolute atomic E-state index is 11.9. The summed E-state index contributed by atoms with van der Waals surface area (Å²) in [4.78, 5) is 26.9. The van der Waals surface area contributed by atoms with Gasteiger partial charge in [-0.15, -0.1) is 0 Å². The highest BCUT2D eigenvalue weighted by molar-refractivity contribution is 6.12. The predicted octanol–water partition coefficient (Wildman–Crippen LogP) is 3.04. The molecule has 0 amide bonds. The summed E-state index contributed by atoms with van der Waals surface area (Å²) < 4.78 is 5.18. The largest absolute Gasteiger partial charge is 0.478 e. The molecule has 1 aliphatic heterocycles. The second-order valence-electron chi connectivity index (χ2n) is 5.13. The van der Waals surface area contributed by atoms with E-state index in [1.54, 1.807) is 18.2 Å². The molecule has 1 N–H and O–H groups in total. The molecule has 0 bridgehead atoms. The quantitative estimate of drug-likeness (QED) is 0.698. The Hall–Kier alpha value is -3.21. The monoisotopic (exact) mass is 307 g/mol. The number of aryl methyl sites for hydroxylation is 1. The van der Waals surface area contributed by atoms with Crippen LogP contribution in [0.5, 0.6) is 0 Å². The second-order valence-corrected chi connectivity index (χ2v) is 5.13. The van der Waals surface area contributed by atoms with Crippen molar-refractivity contribution in [1.82, 2.24) is 0 Å². The molecule has 2 aromatic carbocycles. The highest BCUT2D eigenvalue weighted by atomic mass is 16.6. The minimum Gasteiger partial charge on any atom is -0.478 e. The van der Waals surface area contributed by atoms with Crippen LogP contribution in [0.1, 0.15) is 27.0 Å². The Morgan fingerprint density at radius 2 is 1.74 bits per heavy atom. The van der Waals surface area contributed by atoms with E-state index in [9.17, 15) is 9.59 Å². The van der Waals surface area contributed by atoms with Gasteiger partial charge in [0.2, 0.25) is 5.90 Å². The van der Waals surface area contributed by atoms with Gasteiger partial charge in [0.1, 0.15) is 0 Å². The van der Waals surface area contributed by atoms with Crippen molar-refractivity contribution in [3.05, 3.63) is 76.5 Å². The summed E-state index contributed by atoms with van der Waals surface area (Å²) in [7, 11) is 0. The maximum atomic E-state index is 11.9. The molecule has 1 heterocycles. The third kappa shape index (κ3) is 3.18. The van der Waals surface area contributed by atoms with Crippen LogP contribution in [-0.4, -0.2) is 22.9 Å². The molecule has 0 spiro atoms. The molecular weight excluding hydrogens is 294 g/mol. The van der Waals surface area contributed by atoms with Crippen molar-refractivity contribution in [2.45, 2.75) is 6.92 Å². The van der Waals surface area contributed by atoms with Crippen LogP contribution in [0.4, 0.5) is 0 Å². The number of carboxylic acid groups (broad SMARTS) is 1. The molecule has 5 heteroatoms. The fourth-order valence-electron chi connectivity index (χ4n) is 2.11. The van der Waals surface area contributed by atoms with Crippen molar-refractivity contribution in [2.24, 2.45) is 4.99 Å². The minimum atomic E-state index is -0.996. The summed E-state index contributed by atoms with van der Waals surface area (Å²) in [6.45, 7) is 1.97. The number of carbonyl (C=O) groups is 2. The van der Waals surface area contributed by atoms with Gasteiger partial charge >= 0.3 is 11.9 Å². The summed E-state index contributed by atoms with van der Waals surface area (Å²) in [5.74, 6) is -1.25. The standard InChI is InChI=1S/C18H13NO4/c1-11-2-6-13(7-3-11)16-19-15(18(22)23-16)10-12-4-8-14(9-5-12)17(20)21/h2-10H,1H3,(H,20,21)/b15-10+. The number of cyclic esters (lactones) is 1. The fourth-order valence-corrected chi connectivity index (χ4v) is 2.11. The number of ether oxygens (including phenoxy) is 1. The van der Waals surface area contributed by atoms with Crippen LogP contribution in [0.3, 0.4) is 0 Å². The van der Waals surface area contributed by atoms with Crippen molar-refractivity contribution in [3.63, 3.8) is 0 Å². The van der Waals surface area contributed by atoms with Crippen molar-refractivity contribution < 1.29 is 19.4 Å². The minimum absolute atomic E-state index is 0.184. The van der Waals surface area contributed by atoms with E-state index < -0.39 is 11.9 Å². The van der Waals surface area contributed by atoms with Crippen LogP contribution in [0.25, 0.3) is 6.08 Å². The Labute approximate surface area is 132 Å². The molecule has 0 saturated carbocycles. The highest BCUT2D eigenvalue weighted by Gasteiger charge is 2.23. The lowest BCUT2D eigenvalue weighted by molar-refractivity contribution is -0.129. The third-order valence-electron chi connectivity index (χ3n) is 3.38. The van der Waals surface area contributed by atoms with Gasteiger partial charge < -0.3 is 9.84 Å². The second kappa shape index (κ2) is 5.88. The summed E-state index contributed by atoms with van der Waals surface area (Å²) in [6.07, 6.45) is 1.56. The van der Waals surface area contributed by atoms with E-state index in [0.717, 1.165) is 11.1 Å². The van der Waals surface area contributed by atoms with Crippen LogP contribution in [0, 0.1) is 6.92 Å². The zero-order valence-corrected chi connectivity index (χ0v) is 12.3. The SMILES string of the molecule is Cc1ccc(C2=N/C(=C/c3ccc(C(=O)O)cc3)C(=O)O2)cc1. The maximum Gasteiger partial charge on any atom is 0.363 e. The van der Waals surface area contributed by atoms with E-state index in [-0.39, 0.29) is 17.2 Å². The van der Waals surface area contributed by atoms with Crippen LogP contribution in [-0.2, 0) is 9.53 Å². The van der Waals surface area contributed by atoms with Gasteiger partial charge in [0.25, 0.3) is 0 Å². The highest BCUT2D eigenvalue weighted by Crippen LogP contribution is 2.19. The van der Waals surface area contributed by atoms with Gasteiger partial charge in [-0.2, -0.15) is 0 Å². The summed E-state index contributed by atoms with van der Waals surface area (Å²) in [6, 6.07) is 13.7. The lowest BCUT2D eigenvalue weighted by atomic mass is 10.1. The average molecular weight is 307 g/mol. The molecule has 0 aliphatic carbocycles. The van der Waals surface area contributed by atoms with Gasteiger partial charge in [-0.3, -0.25) is 0 Å². The zero-order chi connectivity index (χ0) is 16.4. The molecule has 5 nitrogen and oxygen atoms in total. The molecule has 0 radical (unpaired) electrons. The number of carboxylic acids is 1. The lowest BCUT2D eigenvalue weighted by Gasteiger charge is -1.99. The third-order valence-corrected chi connectivity index (χ3v) is 3.38. The zero-order valence-electron chi connectivity index (χ0n) is 12.3. The molecular formula is C18H13NO4. The van der Waals surface area contributed by atoms with Crippen molar-refractivity contribution in [1.29, 1.82) is 0 Å². The topological polar surface area (TPSA) is 76.0 Å². The molecule has 0 aromatic heterocycles. The van der Waals surface area contributed by atoms with Gasteiger partial charge in [-0.05, 0) is 42.8 Å². The molecule has 3 rings (SSSR count). The van der Waals surface area contributed by atoms with Crippen molar-refractivity contribution in [3.8, 4) is 0 Å². The number of esters is 1. The van der Waals surface area contributed by atoms with E-state index in [1.165, 1.54) is 12.1 Å². The van der Waals surface area contributed by atoms with Gasteiger partial charge in [-0.1, -0.05) is 29.8 Å². The van der Waals surface area contributed by atoms with Gasteiger partial charge in [-0.25, -0.2) is 14.6 Å². The molecule has 2 aromatic rings. The number of rotatable bonds is 3. The van der Waals surface area contributed by atoms with Crippen LogP contribution in [0.2, 0.25) is 0 Å². The summed E-state index contributed by atoms with van der Waals surface area (Å²) >= 11 is 0. The molecule has 23 heavy (non-hydrogen) atoms. The molecule has 114 valence electrons. The Bertz CT molecular complexity index is 830. The number of nitrogens with zero attached hydrogens (tertiary/aromatic N) is 1. The number of benzene rings is 2. The normalized spacial score (nSPS) is 15.4. The first-order chi connectivity index (χ1) is 11.0. The van der Waals surface area contributed by atoms with E-state index in [2.05, 4.69) is 4.99 Å². The van der Waals surface area contributed by atoms with Crippen LogP contribution >= 0.6 is 0 Å². The number of aliphatic imine (C=N–C) groups is 1. The smallest absolute Gasteiger partial charge is 0.363 e. The average Bonchev–Trinajstić information content (AvgIpc) is 2.89. The Kier molecular flexibility index (Phi) is 3.76. The van der Waals surface area contributed by atoms with Crippen molar-refractivity contribution in [2.75, 3.05) is 0 Å². The first kappa shape index (κ1) is 14.7. The van der Waals surface area contributed by atoms with Gasteiger partial charge in [0, 0.05) is 5.56 Å². The molecule has 0 fully saturated rings. The summed E-state index contributed by atoms with van der Waals surface area (Å²) in [5, 5.41) is 8.87. The van der Waals surface area contributed by atoms with E-state index >= 15 is 0 Å². The molecule has 1 aliphatic rings. The van der Waals surface area contributed by atoms with Gasteiger partial charge in [0.05, 0.1) is 5.56 Å². The number of hydrogen-bond acceptors (Lipinski definition) is 4. The van der Waals surface area contributed by atoms with Crippen LogP contribution < -0.4 is 0 Å². The Morgan fingerprint density at radius 3 is 2.35 bits per heavy atom. The first-order valence-electron chi connectivity index (χ1n) is 6.96. The first-order valence-corrected chi connectivity index (χ1v) is 6.96. The van der Waals surface area contributed by atoms with E-state index in [1.807, 2.05) is 31.2 Å². The van der Waals surface area contributed by atoms with E-state index in [0.29, 0.717) is 5.56 Å². The van der Waals surface area contributed by atoms with E-state index in [4.69, 9.17) is 9.84 Å². The molecule has 0 atom stereocenters. The lowest BCUT2D eigenvalue weighted by Crippen LogP contribution is -2.05. The molecule has 0 saturated heterocycles. The predicted molar refractivity (Wildman–Crippen MR) is 85.2 cm³/mol. The Balaban J connectivity index is 1.88. The number of carbonyl (C=O) groups excluding carboxylic acids is 1. The van der Waals surface area contributed by atoms with Crippen molar-refractivity contribution >= 4 is 23.9 Å². The van der Waals surface area contributed by atoms with Crippen LogP contribution in [0.15, 0.2) is 59.2 Å². The fraction of sp³-hybridized carbons (Fsp3) is 0.0556. The number of aromatic carboxylic acids is 1. The summed E-state index contributed by atoms with van der Waals surface area (Å²) in [5.41, 5.74) is 2.88. The Morgan fingerprint density at radius 1 is 1.09 bits per heavy atom. The van der Waals surface area contributed by atoms with Gasteiger partial charge in [0.15, 0.2) is 5.70 Å².